The Hall–Kier alpha value is -1.58. The molecule has 2 heterocycles. The normalized spacial score (nSPS) is 20.9. The number of nitrogens with zero attached hydrogens (tertiary/aromatic N) is 2. The summed E-state index contributed by atoms with van der Waals surface area (Å²) < 4.78 is 46.5. The van der Waals surface area contributed by atoms with Crippen LogP contribution in [0.4, 0.5) is 13.2 Å². The van der Waals surface area contributed by atoms with E-state index < -0.39 is 20.1 Å². The van der Waals surface area contributed by atoms with E-state index in [9.17, 15) is 18.0 Å². The quantitative estimate of drug-likeness (QED) is 0.255. The van der Waals surface area contributed by atoms with Crippen molar-refractivity contribution in [3.05, 3.63) is 57.6 Å². The van der Waals surface area contributed by atoms with Crippen molar-refractivity contribution >= 4 is 37.4 Å². The lowest BCUT2D eigenvalue weighted by molar-refractivity contribution is -0.149. The summed E-state index contributed by atoms with van der Waals surface area (Å²) in [6, 6.07) is 8.57. The Morgan fingerprint density at radius 3 is 1.98 bits per heavy atom. The van der Waals surface area contributed by atoms with E-state index in [1.165, 1.54) is 12.1 Å². The molecule has 42 heavy (non-hydrogen) atoms. The van der Waals surface area contributed by atoms with E-state index in [-0.39, 0.29) is 17.9 Å². The molecule has 0 aromatic heterocycles. The Morgan fingerprint density at radius 1 is 0.929 bits per heavy atom. The maximum atomic E-state index is 13.1. The molecule has 0 spiro atoms. The second-order valence-corrected chi connectivity index (χ2v) is 19.0. The van der Waals surface area contributed by atoms with Gasteiger partial charge >= 0.3 is 6.18 Å². The molecular formula is C32H43Cl2F3N2O2Si. The standard InChI is InChI=1S/C32H43Cl2F3N2O2Si/c1-20(2)42(21(3)4,22(5)6)41-30-13-15-38(39-14-7-8-31(39)40)19-25(30)16-27-28(33)17-24(18-29(27)34)23-9-11-26(12-10-23)32(35,36)37/h9-12,17-18,20-22,25,30H,7-8,13-16,19H2,1-6H3. The van der Waals surface area contributed by atoms with Crippen LogP contribution >= 0.6 is 23.2 Å². The van der Waals surface area contributed by atoms with Gasteiger partial charge in [-0.15, -0.1) is 0 Å². The topological polar surface area (TPSA) is 32.8 Å². The van der Waals surface area contributed by atoms with Crippen molar-refractivity contribution < 1.29 is 22.4 Å². The minimum Gasteiger partial charge on any atom is -0.413 e. The van der Waals surface area contributed by atoms with Gasteiger partial charge in [-0.2, -0.15) is 13.2 Å². The molecular weight excluding hydrogens is 600 g/mol. The summed E-state index contributed by atoms with van der Waals surface area (Å²) in [7, 11) is -2.18. The Bertz CT molecular complexity index is 1210. The molecule has 0 N–H and O–H groups in total. The molecule has 0 bridgehead atoms. The van der Waals surface area contributed by atoms with E-state index in [4.69, 9.17) is 27.6 Å². The molecule has 0 saturated carbocycles. The Morgan fingerprint density at radius 2 is 1.50 bits per heavy atom. The smallest absolute Gasteiger partial charge is 0.413 e. The third kappa shape index (κ3) is 6.88. The first kappa shape index (κ1) is 33.3. The van der Waals surface area contributed by atoms with Crippen molar-refractivity contribution in [2.45, 2.75) is 96.1 Å². The molecule has 2 aromatic carbocycles. The van der Waals surface area contributed by atoms with E-state index in [2.05, 4.69) is 46.6 Å². The lowest BCUT2D eigenvalue weighted by atomic mass is 9.88. The number of benzene rings is 2. The first-order chi connectivity index (χ1) is 19.6. The van der Waals surface area contributed by atoms with Gasteiger partial charge in [0.05, 0.1) is 11.7 Å². The fraction of sp³-hybridized carbons (Fsp3) is 0.594. The average molecular weight is 644 g/mol. The van der Waals surface area contributed by atoms with Crippen molar-refractivity contribution in [2.24, 2.45) is 5.92 Å². The van der Waals surface area contributed by atoms with Gasteiger partial charge in [-0.05, 0) is 76.8 Å². The number of rotatable bonds is 9. The number of piperidine rings is 1. The molecule has 2 aliphatic rings. The monoisotopic (exact) mass is 642 g/mol. The molecule has 2 atom stereocenters. The van der Waals surface area contributed by atoms with Gasteiger partial charge in [0.25, 0.3) is 0 Å². The van der Waals surface area contributed by atoms with Crippen LogP contribution in [-0.2, 0) is 21.8 Å². The fourth-order valence-electron chi connectivity index (χ4n) is 7.24. The highest BCUT2D eigenvalue weighted by Gasteiger charge is 2.49. The highest BCUT2D eigenvalue weighted by atomic mass is 35.5. The Labute approximate surface area is 259 Å². The zero-order valence-corrected chi connectivity index (χ0v) is 27.9. The molecule has 0 radical (unpaired) electrons. The maximum absolute atomic E-state index is 13.1. The first-order valence-electron chi connectivity index (χ1n) is 15.0. The zero-order valence-electron chi connectivity index (χ0n) is 25.4. The number of carbonyl (C=O) groups is 1. The van der Waals surface area contributed by atoms with Crippen molar-refractivity contribution in [1.82, 2.24) is 10.0 Å². The number of carbonyl (C=O) groups excluding carboxylic acids is 1. The van der Waals surface area contributed by atoms with E-state index in [0.29, 0.717) is 57.2 Å². The number of amides is 1. The van der Waals surface area contributed by atoms with Crippen LogP contribution in [0, 0.1) is 5.92 Å². The molecule has 232 valence electrons. The summed E-state index contributed by atoms with van der Waals surface area (Å²) in [6.45, 7) is 15.9. The van der Waals surface area contributed by atoms with Crippen LogP contribution in [-0.4, -0.2) is 50.0 Å². The van der Waals surface area contributed by atoms with Gasteiger partial charge in [-0.3, -0.25) is 9.80 Å². The van der Waals surface area contributed by atoms with Crippen LogP contribution < -0.4 is 0 Å². The molecule has 0 aliphatic carbocycles. The van der Waals surface area contributed by atoms with Gasteiger partial charge < -0.3 is 4.43 Å². The average Bonchev–Trinajstić information content (AvgIpc) is 3.34. The molecule has 2 unspecified atom stereocenters. The van der Waals surface area contributed by atoms with Gasteiger partial charge in [0, 0.05) is 42.0 Å². The van der Waals surface area contributed by atoms with Crippen LogP contribution in [0.1, 0.15) is 71.9 Å². The number of hydrogen-bond acceptors (Lipinski definition) is 3. The van der Waals surface area contributed by atoms with Crippen LogP contribution in [0.25, 0.3) is 11.1 Å². The third-order valence-corrected chi connectivity index (χ3v) is 16.0. The minimum atomic E-state index is -4.40. The molecule has 2 aromatic rings. The van der Waals surface area contributed by atoms with Crippen LogP contribution in [0.2, 0.25) is 26.7 Å². The number of halogens is 5. The summed E-state index contributed by atoms with van der Waals surface area (Å²) in [5.74, 6) is 0.225. The van der Waals surface area contributed by atoms with E-state index in [1.54, 1.807) is 12.1 Å². The summed E-state index contributed by atoms with van der Waals surface area (Å²) in [6.07, 6.45) is -1.56. The molecule has 2 saturated heterocycles. The number of hydrazine groups is 1. The SMILES string of the molecule is CC(C)[Si](OC1CCN(N2CCCC2=O)CC1Cc1c(Cl)cc(-c2ccc(C(F)(F)F)cc2)cc1Cl)(C(C)C)C(C)C. The van der Waals surface area contributed by atoms with Gasteiger partial charge in [-0.1, -0.05) is 76.9 Å². The molecule has 2 fully saturated rings. The number of alkyl halides is 3. The first-order valence-corrected chi connectivity index (χ1v) is 17.9. The predicted octanol–water partition coefficient (Wildman–Crippen LogP) is 9.64. The second-order valence-electron chi connectivity index (χ2n) is 12.8. The summed E-state index contributed by atoms with van der Waals surface area (Å²) >= 11 is 13.7. The van der Waals surface area contributed by atoms with Crippen molar-refractivity contribution in [2.75, 3.05) is 19.6 Å². The zero-order chi connectivity index (χ0) is 31.0. The van der Waals surface area contributed by atoms with Crippen molar-refractivity contribution in [3.8, 4) is 11.1 Å². The molecule has 1 amide bonds. The fourth-order valence-corrected chi connectivity index (χ4v) is 13.5. The van der Waals surface area contributed by atoms with Gasteiger partial charge in [0.1, 0.15) is 0 Å². The largest absolute Gasteiger partial charge is 0.416 e. The second kappa shape index (κ2) is 13.2. The Kier molecular flexibility index (Phi) is 10.5. The van der Waals surface area contributed by atoms with Crippen LogP contribution in [0.5, 0.6) is 0 Å². The van der Waals surface area contributed by atoms with Crippen LogP contribution in [0.3, 0.4) is 0 Å². The van der Waals surface area contributed by atoms with E-state index in [1.807, 2.05) is 5.01 Å². The van der Waals surface area contributed by atoms with Gasteiger partial charge in [0.15, 0.2) is 0 Å². The highest BCUT2D eigenvalue weighted by molar-refractivity contribution is 6.77. The highest BCUT2D eigenvalue weighted by Crippen LogP contribution is 2.45. The van der Waals surface area contributed by atoms with Crippen molar-refractivity contribution in [3.63, 3.8) is 0 Å². The summed E-state index contributed by atoms with van der Waals surface area (Å²) in [5, 5.41) is 5.04. The third-order valence-electron chi connectivity index (χ3n) is 9.25. The molecule has 2 aliphatic heterocycles. The van der Waals surface area contributed by atoms with Gasteiger partial charge in [0.2, 0.25) is 14.2 Å². The summed E-state index contributed by atoms with van der Waals surface area (Å²) in [4.78, 5) is 12.6. The molecule has 4 rings (SSSR count). The predicted molar refractivity (Wildman–Crippen MR) is 167 cm³/mol. The van der Waals surface area contributed by atoms with Gasteiger partial charge in [-0.25, -0.2) is 5.01 Å². The summed E-state index contributed by atoms with van der Waals surface area (Å²) in [5.41, 5.74) is 2.68. The maximum Gasteiger partial charge on any atom is 0.416 e. The molecule has 4 nitrogen and oxygen atoms in total. The van der Waals surface area contributed by atoms with Crippen LogP contribution in [0.15, 0.2) is 36.4 Å². The Balaban J connectivity index is 1.65. The lowest BCUT2D eigenvalue weighted by Gasteiger charge is -2.49. The minimum absolute atomic E-state index is 0.000422. The van der Waals surface area contributed by atoms with E-state index >= 15 is 0 Å². The number of hydrogen-bond donors (Lipinski definition) is 0. The molecule has 10 heteroatoms. The van der Waals surface area contributed by atoms with Crippen molar-refractivity contribution in [1.29, 1.82) is 0 Å². The van der Waals surface area contributed by atoms with E-state index in [0.717, 1.165) is 43.6 Å². The lowest BCUT2D eigenvalue weighted by Crippen LogP contribution is -2.57.